The summed E-state index contributed by atoms with van der Waals surface area (Å²) in [5, 5.41) is 8.84. The molecule has 1 fully saturated rings. The van der Waals surface area contributed by atoms with E-state index < -0.39 is 5.97 Å². The van der Waals surface area contributed by atoms with Crippen LogP contribution in [0.15, 0.2) is 10.9 Å². The zero-order chi connectivity index (χ0) is 14.5. The fourth-order valence-electron chi connectivity index (χ4n) is 2.70. The summed E-state index contributed by atoms with van der Waals surface area (Å²) in [6.45, 7) is 2.78. The molecule has 0 amide bonds. The number of aromatic nitrogens is 2. The van der Waals surface area contributed by atoms with Crippen molar-refractivity contribution in [2.75, 3.05) is 11.4 Å². The van der Waals surface area contributed by atoms with Crippen LogP contribution in [0.3, 0.4) is 0 Å². The smallest absolute Gasteiger partial charge is 0.303 e. The van der Waals surface area contributed by atoms with E-state index in [9.17, 15) is 9.59 Å². The number of H-pyrrole nitrogens is 1. The maximum absolute atomic E-state index is 11.7. The predicted octanol–water partition coefficient (Wildman–Crippen LogP) is 1.56. The Morgan fingerprint density at radius 3 is 3.05 bits per heavy atom. The summed E-state index contributed by atoms with van der Waals surface area (Å²) in [5.74, 6) is 0.583. The van der Waals surface area contributed by atoms with Crippen molar-refractivity contribution in [3.05, 3.63) is 22.2 Å². The Kier molecular flexibility index (Phi) is 4.76. The number of rotatable bonds is 5. The van der Waals surface area contributed by atoms with Gasteiger partial charge in [-0.3, -0.25) is 9.59 Å². The molecule has 1 aromatic rings. The molecule has 1 saturated heterocycles. The number of hydrogen-bond donors (Lipinski definition) is 2. The molecule has 1 atom stereocenters. The van der Waals surface area contributed by atoms with Gasteiger partial charge in [-0.15, -0.1) is 0 Å². The Hall–Kier alpha value is -1.85. The van der Waals surface area contributed by atoms with Crippen LogP contribution in [-0.2, 0) is 11.2 Å². The van der Waals surface area contributed by atoms with Crippen LogP contribution in [0, 0.1) is 0 Å². The van der Waals surface area contributed by atoms with Crippen LogP contribution in [-0.4, -0.2) is 33.6 Å². The number of aliphatic carboxylic acids is 1. The molecule has 1 aliphatic heterocycles. The zero-order valence-electron chi connectivity index (χ0n) is 11.8. The largest absolute Gasteiger partial charge is 0.481 e. The van der Waals surface area contributed by atoms with Crippen LogP contribution in [0.25, 0.3) is 0 Å². The molecule has 0 bridgehead atoms. The third-order valence-corrected chi connectivity index (χ3v) is 3.72. The summed E-state index contributed by atoms with van der Waals surface area (Å²) in [5.41, 5.74) is -0.144. The van der Waals surface area contributed by atoms with Gasteiger partial charge in [-0.25, -0.2) is 4.98 Å². The lowest BCUT2D eigenvalue weighted by Crippen LogP contribution is -2.41. The summed E-state index contributed by atoms with van der Waals surface area (Å²) in [6.07, 6.45) is 4.56. The van der Waals surface area contributed by atoms with Gasteiger partial charge in [0.25, 0.3) is 5.56 Å². The van der Waals surface area contributed by atoms with Gasteiger partial charge in [0.05, 0.1) is 0 Å². The molecule has 0 saturated carbocycles. The highest BCUT2D eigenvalue weighted by molar-refractivity contribution is 5.66. The topological polar surface area (TPSA) is 86.3 Å². The summed E-state index contributed by atoms with van der Waals surface area (Å²) in [7, 11) is 0. The average molecular weight is 279 g/mol. The highest BCUT2D eigenvalue weighted by atomic mass is 16.4. The Morgan fingerprint density at radius 2 is 2.35 bits per heavy atom. The molecule has 2 heterocycles. The lowest BCUT2D eigenvalue weighted by molar-refractivity contribution is -0.137. The monoisotopic (exact) mass is 279 g/mol. The predicted molar refractivity (Wildman–Crippen MR) is 76.1 cm³/mol. The summed E-state index contributed by atoms with van der Waals surface area (Å²) in [6, 6.07) is 1.68. The minimum absolute atomic E-state index is 0.144. The quantitative estimate of drug-likeness (QED) is 0.854. The first-order valence-electron chi connectivity index (χ1n) is 7.19. The summed E-state index contributed by atoms with van der Waals surface area (Å²) >= 11 is 0. The molecule has 20 heavy (non-hydrogen) atoms. The zero-order valence-corrected chi connectivity index (χ0v) is 11.8. The average Bonchev–Trinajstić information content (AvgIpc) is 2.44. The molecule has 0 aliphatic carbocycles. The molecule has 1 aromatic heterocycles. The number of carbonyl (C=O) groups is 1. The molecule has 0 spiro atoms. The molecule has 110 valence electrons. The first-order valence-corrected chi connectivity index (χ1v) is 7.19. The normalized spacial score (nSPS) is 19.1. The minimum Gasteiger partial charge on any atom is -0.481 e. The van der Waals surface area contributed by atoms with Gasteiger partial charge < -0.3 is 15.0 Å². The molecule has 1 unspecified atom stereocenters. The lowest BCUT2D eigenvalue weighted by Gasteiger charge is -2.36. The van der Waals surface area contributed by atoms with Gasteiger partial charge >= 0.3 is 5.97 Å². The maximum atomic E-state index is 11.7. The number of hydrogen-bond acceptors (Lipinski definition) is 4. The Morgan fingerprint density at radius 1 is 1.55 bits per heavy atom. The SMILES string of the molecule is CCc1nc(N2CCCCC2CCC(=O)O)cc(=O)[nH]1. The van der Waals surface area contributed by atoms with E-state index >= 15 is 0 Å². The molecule has 2 rings (SSSR count). The molecular weight excluding hydrogens is 258 g/mol. The van der Waals surface area contributed by atoms with Gasteiger partial charge in [-0.2, -0.15) is 0 Å². The van der Waals surface area contributed by atoms with E-state index in [1.54, 1.807) is 0 Å². The van der Waals surface area contributed by atoms with Crippen molar-refractivity contribution in [1.82, 2.24) is 9.97 Å². The first-order chi connectivity index (χ1) is 9.60. The third-order valence-electron chi connectivity index (χ3n) is 3.72. The molecule has 2 N–H and O–H groups in total. The lowest BCUT2D eigenvalue weighted by atomic mass is 9.98. The van der Waals surface area contributed by atoms with Crippen LogP contribution in [0.4, 0.5) is 5.82 Å². The summed E-state index contributed by atoms with van der Waals surface area (Å²) < 4.78 is 0. The number of aryl methyl sites for hydroxylation is 1. The van der Waals surface area contributed by atoms with Gasteiger partial charge in [-0.1, -0.05) is 6.92 Å². The number of piperidine rings is 1. The fourth-order valence-corrected chi connectivity index (χ4v) is 2.70. The number of carboxylic acids is 1. The van der Waals surface area contributed by atoms with Crippen molar-refractivity contribution < 1.29 is 9.90 Å². The van der Waals surface area contributed by atoms with Crippen molar-refractivity contribution in [3.63, 3.8) is 0 Å². The maximum Gasteiger partial charge on any atom is 0.303 e. The van der Waals surface area contributed by atoms with Gasteiger partial charge in [-0.05, 0) is 25.7 Å². The summed E-state index contributed by atoms with van der Waals surface area (Å²) in [4.78, 5) is 31.7. The number of anilines is 1. The van der Waals surface area contributed by atoms with E-state index in [0.717, 1.165) is 25.8 Å². The third kappa shape index (κ3) is 3.59. The molecule has 1 aliphatic rings. The van der Waals surface area contributed by atoms with Crippen molar-refractivity contribution in [2.24, 2.45) is 0 Å². The highest BCUT2D eigenvalue weighted by Crippen LogP contribution is 2.25. The molecule has 6 heteroatoms. The van der Waals surface area contributed by atoms with E-state index in [-0.39, 0.29) is 18.0 Å². The second-order valence-corrected chi connectivity index (χ2v) is 5.18. The number of carboxylic acid groups (broad SMARTS) is 1. The van der Waals surface area contributed by atoms with Crippen LogP contribution in [0.5, 0.6) is 0 Å². The van der Waals surface area contributed by atoms with Crippen molar-refractivity contribution in [3.8, 4) is 0 Å². The fraction of sp³-hybridized carbons (Fsp3) is 0.643. The Balaban J connectivity index is 2.20. The molecule has 0 radical (unpaired) electrons. The minimum atomic E-state index is -0.774. The number of nitrogens with zero attached hydrogens (tertiary/aromatic N) is 2. The van der Waals surface area contributed by atoms with Crippen molar-refractivity contribution in [2.45, 2.75) is 51.5 Å². The van der Waals surface area contributed by atoms with Gasteiger partial charge in [0, 0.05) is 31.5 Å². The van der Waals surface area contributed by atoms with Gasteiger partial charge in [0.1, 0.15) is 11.6 Å². The van der Waals surface area contributed by atoms with Crippen LogP contribution in [0.1, 0.15) is 44.9 Å². The highest BCUT2D eigenvalue weighted by Gasteiger charge is 2.24. The first kappa shape index (κ1) is 14.6. The van der Waals surface area contributed by atoms with E-state index in [4.69, 9.17) is 5.11 Å². The van der Waals surface area contributed by atoms with E-state index in [0.29, 0.717) is 24.5 Å². The number of nitrogens with one attached hydrogen (secondary N) is 1. The molecule has 0 aromatic carbocycles. The van der Waals surface area contributed by atoms with Crippen LogP contribution < -0.4 is 10.5 Å². The van der Waals surface area contributed by atoms with Crippen molar-refractivity contribution in [1.29, 1.82) is 0 Å². The second-order valence-electron chi connectivity index (χ2n) is 5.18. The Bertz CT molecular complexity index is 527. The van der Waals surface area contributed by atoms with Crippen LogP contribution in [0.2, 0.25) is 0 Å². The van der Waals surface area contributed by atoms with Crippen LogP contribution >= 0.6 is 0 Å². The van der Waals surface area contributed by atoms with Gasteiger partial charge in [0.15, 0.2) is 0 Å². The van der Waals surface area contributed by atoms with E-state index in [2.05, 4.69) is 14.9 Å². The standard InChI is InChI=1S/C14H21N3O3/c1-2-11-15-12(9-13(18)16-11)17-8-4-3-5-10(17)6-7-14(19)20/h9-10H,2-8H2,1H3,(H,19,20)(H,15,16,18). The van der Waals surface area contributed by atoms with Gasteiger partial charge in [0.2, 0.25) is 0 Å². The second kappa shape index (κ2) is 6.54. The molecule has 6 nitrogen and oxygen atoms in total. The van der Waals surface area contributed by atoms with Crippen molar-refractivity contribution >= 4 is 11.8 Å². The molecular formula is C14H21N3O3. The Labute approximate surface area is 117 Å². The van der Waals surface area contributed by atoms with E-state index in [1.807, 2.05) is 6.92 Å². The van der Waals surface area contributed by atoms with E-state index in [1.165, 1.54) is 6.07 Å². The number of aromatic amines is 1.